The normalized spacial score (nSPS) is 12.4. The number of ether oxygens (including phenoxy) is 3. The molecule has 0 saturated carbocycles. The van der Waals surface area contributed by atoms with E-state index in [-0.39, 0.29) is 13.2 Å². The van der Waals surface area contributed by atoms with E-state index in [0.717, 1.165) is 15.4 Å². The van der Waals surface area contributed by atoms with Gasteiger partial charge in [-0.05, 0) is 108 Å². The Bertz CT molecular complexity index is 1320. The molecular weight excluding hydrogens is 574 g/mol. The molecule has 42 heavy (non-hydrogen) atoms. The van der Waals surface area contributed by atoms with Crippen LogP contribution >= 0.6 is 23.4 Å². The lowest BCUT2D eigenvalue weighted by atomic mass is 10.1. The van der Waals surface area contributed by atoms with Crippen LogP contribution in [0, 0.1) is 0 Å². The molecule has 0 heterocycles. The molecule has 1 N–H and O–H groups in total. The van der Waals surface area contributed by atoms with Crippen LogP contribution < -0.4 is 4.74 Å². The molecule has 3 aromatic rings. The van der Waals surface area contributed by atoms with Crippen LogP contribution in [0.5, 0.6) is 5.75 Å². The van der Waals surface area contributed by atoms with Crippen molar-refractivity contribution in [2.75, 3.05) is 19.7 Å². The lowest BCUT2D eigenvalue weighted by Crippen LogP contribution is -2.40. The van der Waals surface area contributed by atoms with Gasteiger partial charge in [-0.1, -0.05) is 47.6 Å². The number of benzene rings is 3. The lowest BCUT2D eigenvalue weighted by Gasteiger charge is -2.29. The highest BCUT2D eigenvalue weighted by Gasteiger charge is 2.25. The number of hydrogen-bond donors (Lipinski definition) is 1. The van der Waals surface area contributed by atoms with E-state index >= 15 is 0 Å². The molecular formula is C33H40ClNO6S. The SMILES string of the molecule is CC(C)(C)OC(=O)COc1ccc(Sc2ccc(CCN(CC(O)c3cccc(Cl)c3)C(=O)OC(C)(C)C)cc2)cc1. The maximum atomic E-state index is 13.0. The van der Waals surface area contributed by atoms with E-state index in [9.17, 15) is 14.7 Å². The monoisotopic (exact) mass is 613 g/mol. The Morgan fingerprint density at radius 2 is 1.48 bits per heavy atom. The Hall–Kier alpha value is -3.20. The van der Waals surface area contributed by atoms with Gasteiger partial charge < -0.3 is 24.2 Å². The first-order chi connectivity index (χ1) is 19.7. The molecule has 0 aliphatic rings. The van der Waals surface area contributed by atoms with Crippen molar-refractivity contribution in [3.05, 3.63) is 88.9 Å². The summed E-state index contributed by atoms with van der Waals surface area (Å²) in [5.74, 6) is 0.183. The van der Waals surface area contributed by atoms with Crippen LogP contribution in [-0.4, -0.2) is 53.0 Å². The summed E-state index contributed by atoms with van der Waals surface area (Å²) < 4.78 is 16.4. The minimum Gasteiger partial charge on any atom is -0.482 e. The van der Waals surface area contributed by atoms with Gasteiger partial charge >= 0.3 is 12.1 Å². The quantitative estimate of drug-likeness (QED) is 0.222. The average molecular weight is 614 g/mol. The highest BCUT2D eigenvalue weighted by molar-refractivity contribution is 7.99. The fourth-order valence-corrected chi connectivity index (χ4v) is 4.87. The molecule has 0 aliphatic carbocycles. The molecule has 0 spiro atoms. The van der Waals surface area contributed by atoms with Gasteiger partial charge in [-0.2, -0.15) is 0 Å². The molecule has 9 heteroatoms. The van der Waals surface area contributed by atoms with Crippen LogP contribution in [0.1, 0.15) is 58.8 Å². The molecule has 1 atom stereocenters. The number of aliphatic hydroxyl groups excluding tert-OH is 1. The molecule has 3 aromatic carbocycles. The molecule has 3 rings (SSSR count). The predicted octanol–water partition coefficient (Wildman–Crippen LogP) is 7.72. The average Bonchev–Trinajstić information content (AvgIpc) is 2.89. The summed E-state index contributed by atoms with van der Waals surface area (Å²) in [5.41, 5.74) is 0.488. The zero-order valence-electron chi connectivity index (χ0n) is 25.1. The number of aliphatic hydroxyl groups is 1. The lowest BCUT2D eigenvalue weighted by molar-refractivity contribution is -0.157. The minimum absolute atomic E-state index is 0.0840. The van der Waals surface area contributed by atoms with Gasteiger partial charge in [-0.15, -0.1) is 0 Å². The molecule has 0 bridgehead atoms. The van der Waals surface area contributed by atoms with Crippen LogP contribution in [0.3, 0.4) is 0 Å². The maximum Gasteiger partial charge on any atom is 0.410 e. The van der Waals surface area contributed by atoms with Gasteiger partial charge in [0.1, 0.15) is 17.0 Å². The first-order valence-electron chi connectivity index (χ1n) is 13.8. The molecule has 0 aromatic heterocycles. The van der Waals surface area contributed by atoms with Crippen molar-refractivity contribution < 1.29 is 28.9 Å². The third kappa shape index (κ3) is 12.0. The molecule has 7 nitrogen and oxygen atoms in total. The van der Waals surface area contributed by atoms with E-state index < -0.39 is 29.4 Å². The standard InChI is InChI=1S/C33H40ClNO6S/c1-32(2,3)40-30(37)22-39-26-12-16-28(17-13-26)42-27-14-10-23(11-15-27)18-19-35(31(38)41-33(4,5)6)21-29(36)24-8-7-9-25(34)20-24/h7-17,20,29,36H,18-19,21-22H2,1-6H3. The van der Waals surface area contributed by atoms with E-state index in [1.807, 2.05) is 90.1 Å². The third-order valence-electron chi connectivity index (χ3n) is 5.71. The van der Waals surface area contributed by atoms with Gasteiger partial charge in [0.2, 0.25) is 0 Å². The van der Waals surface area contributed by atoms with Gasteiger partial charge in [0.25, 0.3) is 0 Å². The van der Waals surface area contributed by atoms with Crippen molar-refractivity contribution in [2.45, 2.75) is 75.1 Å². The van der Waals surface area contributed by atoms with E-state index in [1.54, 1.807) is 36.0 Å². The van der Waals surface area contributed by atoms with Gasteiger partial charge in [0.15, 0.2) is 6.61 Å². The second kappa shape index (κ2) is 14.8. The summed E-state index contributed by atoms with van der Waals surface area (Å²) in [6.45, 7) is 11.2. The van der Waals surface area contributed by atoms with Crippen LogP contribution in [0.2, 0.25) is 5.02 Å². The third-order valence-corrected chi connectivity index (χ3v) is 6.96. The molecule has 0 radical (unpaired) electrons. The topological polar surface area (TPSA) is 85.3 Å². The molecule has 1 amide bonds. The summed E-state index contributed by atoms with van der Waals surface area (Å²) in [6.07, 6.45) is -0.783. The van der Waals surface area contributed by atoms with Crippen LogP contribution in [0.15, 0.2) is 82.6 Å². The second-order valence-corrected chi connectivity index (χ2v) is 13.4. The molecule has 0 fully saturated rings. The van der Waals surface area contributed by atoms with Crippen LogP contribution in [-0.2, 0) is 20.7 Å². The fraction of sp³-hybridized carbons (Fsp3) is 0.394. The van der Waals surface area contributed by atoms with Crippen molar-refractivity contribution in [3.63, 3.8) is 0 Å². The second-order valence-electron chi connectivity index (χ2n) is 11.8. The fourth-order valence-electron chi connectivity index (χ4n) is 3.85. The maximum absolute atomic E-state index is 13.0. The number of halogens is 1. The first-order valence-corrected chi connectivity index (χ1v) is 15.0. The summed E-state index contributed by atoms with van der Waals surface area (Å²) in [4.78, 5) is 28.4. The number of esters is 1. The van der Waals surface area contributed by atoms with E-state index in [0.29, 0.717) is 29.3 Å². The molecule has 0 saturated heterocycles. The molecule has 0 aliphatic heterocycles. The van der Waals surface area contributed by atoms with Crippen LogP contribution in [0.4, 0.5) is 4.79 Å². The van der Waals surface area contributed by atoms with E-state index in [4.69, 9.17) is 25.8 Å². The summed E-state index contributed by atoms with van der Waals surface area (Å²) in [5, 5.41) is 11.3. The van der Waals surface area contributed by atoms with Crippen LogP contribution in [0.25, 0.3) is 0 Å². The van der Waals surface area contributed by atoms with Gasteiger partial charge in [-0.25, -0.2) is 9.59 Å². The van der Waals surface area contributed by atoms with Crippen molar-refractivity contribution in [3.8, 4) is 5.75 Å². The minimum atomic E-state index is -0.899. The zero-order chi connectivity index (χ0) is 30.9. The first kappa shape index (κ1) is 33.3. The number of hydrogen-bond acceptors (Lipinski definition) is 7. The van der Waals surface area contributed by atoms with Crippen molar-refractivity contribution in [1.82, 2.24) is 4.90 Å². The van der Waals surface area contributed by atoms with Gasteiger partial charge in [0.05, 0.1) is 12.6 Å². The Morgan fingerprint density at radius 3 is 2.05 bits per heavy atom. The van der Waals surface area contributed by atoms with Crippen molar-refractivity contribution in [2.24, 2.45) is 0 Å². The Morgan fingerprint density at radius 1 is 0.881 bits per heavy atom. The van der Waals surface area contributed by atoms with Crippen molar-refractivity contribution in [1.29, 1.82) is 0 Å². The Labute approximate surface area is 258 Å². The number of carbonyl (C=O) groups excluding carboxylic acids is 2. The number of rotatable bonds is 11. The Kier molecular flexibility index (Phi) is 11.7. The number of nitrogens with zero attached hydrogens (tertiary/aromatic N) is 1. The van der Waals surface area contributed by atoms with Crippen molar-refractivity contribution >= 4 is 35.4 Å². The smallest absolute Gasteiger partial charge is 0.410 e. The van der Waals surface area contributed by atoms with Gasteiger partial charge in [0, 0.05) is 21.4 Å². The number of carbonyl (C=O) groups is 2. The summed E-state index contributed by atoms with van der Waals surface area (Å²) in [7, 11) is 0. The largest absolute Gasteiger partial charge is 0.482 e. The molecule has 1 unspecified atom stereocenters. The summed E-state index contributed by atoms with van der Waals surface area (Å²) >= 11 is 7.69. The predicted molar refractivity (Wildman–Crippen MR) is 166 cm³/mol. The zero-order valence-corrected chi connectivity index (χ0v) is 26.6. The Balaban J connectivity index is 1.56. The highest BCUT2D eigenvalue weighted by atomic mass is 35.5. The molecule has 226 valence electrons. The summed E-state index contributed by atoms with van der Waals surface area (Å²) in [6, 6.07) is 22.6. The number of amides is 1. The highest BCUT2D eigenvalue weighted by Crippen LogP contribution is 2.29. The van der Waals surface area contributed by atoms with E-state index in [2.05, 4.69) is 0 Å². The van der Waals surface area contributed by atoms with E-state index in [1.165, 1.54) is 4.90 Å². The van der Waals surface area contributed by atoms with Gasteiger partial charge in [-0.3, -0.25) is 0 Å².